The van der Waals surface area contributed by atoms with Crippen molar-refractivity contribution in [2.45, 2.75) is 65.2 Å². The van der Waals surface area contributed by atoms with Gasteiger partial charge in [0.1, 0.15) is 0 Å². The molecular weight excluding hydrogens is 198 g/mol. The summed E-state index contributed by atoms with van der Waals surface area (Å²) in [5, 5.41) is 0. The molecule has 0 heterocycles. The van der Waals surface area contributed by atoms with Gasteiger partial charge in [0.25, 0.3) is 0 Å². The smallest absolute Gasteiger partial charge is 0.0588 e. The minimum atomic E-state index is 0.648. The van der Waals surface area contributed by atoms with Gasteiger partial charge in [0, 0.05) is 13.2 Å². The molecule has 0 aromatic heterocycles. The van der Waals surface area contributed by atoms with E-state index in [2.05, 4.69) is 13.8 Å². The molecule has 98 valence electrons. The first kappa shape index (κ1) is 15.9. The maximum Gasteiger partial charge on any atom is 0.0588 e. The van der Waals surface area contributed by atoms with Crippen molar-refractivity contribution in [3.63, 3.8) is 0 Å². The number of unbranched alkanes of at least 4 members (excludes halogenated alkanes) is 2. The predicted molar refractivity (Wildman–Crippen MR) is 71.6 cm³/mol. The zero-order chi connectivity index (χ0) is 12.1. The monoisotopic (exact) mass is 229 g/mol. The summed E-state index contributed by atoms with van der Waals surface area (Å²) in [6, 6.07) is 0. The molecule has 0 amide bonds. The summed E-state index contributed by atoms with van der Waals surface area (Å²) in [6.45, 7) is 6.85. The molecular formula is C14H31NO. The van der Waals surface area contributed by atoms with Crippen molar-refractivity contribution < 1.29 is 4.74 Å². The van der Waals surface area contributed by atoms with Crippen LogP contribution in [0.2, 0.25) is 0 Å². The normalized spacial score (nSPS) is 11.2. The molecule has 2 heteroatoms. The average molecular weight is 229 g/mol. The Hall–Kier alpha value is -0.0800. The molecule has 0 saturated heterocycles. The predicted octanol–water partition coefficient (Wildman–Crippen LogP) is 3.74. The molecule has 0 atom stereocenters. The van der Waals surface area contributed by atoms with E-state index in [1.165, 1.54) is 51.4 Å². The summed E-state index contributed by atoms with van der Waals surface area (Å²) in [5.41, 5.74) is 5.35. The Labute approximate surface area is 102 Å². The Bertz CT molecular complexity index is 122. The highest BCUT2D eigenvalue weighted by Gasteiger charge is 2.05. The molecule has 0 saturated carbocycles. The summed E-state index contributed by atoms with van der Waals surface area (Å²) < 4.78 is 5.36. The fraction of sp³-hybridized carbons (Fsp3) is 1.00. The van der Waals surface area contributed by atoms with Gasteiger partial charge >= 0.3 is 0 Å². The first-order valence-corrected chi connectivity index (χ1v) is 7.12. The van der Waals surface area contributed by atoms with Crippen LogP contribution in [0, 0.1) is 5.92 Å². The molecule has 0 rings (SSSR count). The van der Waals surface area contributed by atoms with Crippen LogP contribution in [0.3, 0.4) is 0 Å². The highest BCUT2D eigenvalue weighted by Crippen LogP contribution is 2.20. The lowest BCUT2D eigenvalue weighted by Crippen LogP contribution is -2.09. The maximum absolute atomic E-state index is 5.36. The molecule has 0 spiro atoms. The van der Waals surface area contributed by atoms with Crippen LogP contribution in [0.1, 0.15) is 65.2 Å². The summed E-state index contributed by atoms with van der Waals surface area (Å²) in [4.78, 5) is 0. The van der Waals surface area contributed by atoms with E-state index in [1.807, 2.05) is 0 Å². The van der Waals surface area contributed by atoms with E-state index in [4.69, 9.17) is 10.5 Å². The Balaban J connectivity index is 3.25. The fourth-order valence-electron chi connectivity index (χ4n) is 2.25. The lowest BCUT2D eigenvalue weighted by atomic mass is 9.92. The molecule has 0 aliphatic rings. The molecule has 0 radical (unpaired) electrons. The first-order chi connectivity index (χ1) is 7.85. The van der Waals surface area contributed by atoms with Crippen LogP contribution >= 0.6 is 0 Å². The van der Waals surface area contributed by atoms with Crippen molar-refractivity contribution in [2.24, 2.45) is 11.7 Å². The maximum atomic E-state index is 5.36. The zero-order valence-electron chi connectivity index (χ0n) is 11.3. The molecule has 0 unspecified atom stereocenters. The van der Waals surface area contributed by atoms with Crippen molar-refractivity contribution >= 4 is 0 Å². The second-order valence-electron chi connectivity index (χ2n) is 4.69. The zero-order valence-corrected chi connectivity index (χ0v) is 11.3. The number of hydrogen-bond donors (Lipinski definition) is 1. The van der Waals surface area contributed by atoms with Gasteiger partial charge in [0.2, 0.25) is 0 Å². The Kier molecular flexibility index (Phi) is 12.9. The van der Waals surface area contributed by atoms with Crippen LogP contribution in [0.5, 0.6) is 0 Å². The number of ether oxygens (including phenoxy) is 1. The van der Waals surface area contributed by atoms with Crippen LogP contribution in [0.4, 0.5) is 0 Å². The highest BCUT2D eigenvalue weighted by atomic mass is 16.5. The van der Waals surface area contributed by atoms with Gasteiger partial charge < -0.3 is 10.5 Å². The van der Waals surface area contributed by atoms with Gasteiger partial charge in [-0.05, 0) is 12.3 Å². The van der Waals surface area contributed by atoms with Gasteiger partial charge in [-0.15, -0.1) is 0 Å². The molecule has 0 aromatic rings. The van der Waals surface area contributed by atoms with Crippen molar-refractivity contribution in [3.05, 3.63) is 0 Å². The van der Waals surface area contributed by atoms with Crippen molar-refractivity contribution in [1.82, 2.24) is 0 Å². The Morgan fingerprint density at radius 3 is 2.12 bits per heavy atom. The Morgan fingerprint density at radius 1 is 0.875 bits per heavy atom. The molecule has 0 aromatic carbocycles. The number of nitrogens with two attached hydrogens (primary N) is 1. The molecule has 2 N–H and O–H groups in total. The van der Waals surface area contributed by atoms with Gasteiger partial charge in [-0.1, -0.05) is 58.8 Å². The number of hydrogen-bond acceptors (Lipinski definition) is 2. The van der Waals surface area contributed by atoms with E-state index >= 15 is 0 Å². The van der Waals surface area contributed by atoms with Crippen LogP contribution in [0.15, 0.2) is 0 Å². The quantitative estimate of drug-likeness (QED) is 0.517. The molecule has 0 aliphatic carbocycles. The second-order valence-corrected chi connectivity index (χ2v) is 4.69. The summed E-state index contributed by atoms with van der Waals surface area (Å²) in [6.07, 6.45) is 10.8. The lowest BCUT2D eigenvalue weighted by molar-refractivity contribution is 0.136. The largest absolute Gasteiger partial charge is 0.380 e. The third kappa shape index (κ3) is 10.4. The standard InChI is InChI=1S/C14H31NO/c1-3-8-14(9-4-2)10-6-5-7-12-16-13-11-15/h14H,3-13,15H2,1-2H3. The number of rotatable bonds is 12. The third-order valence-electron chi connectivity index (χ3n) is 3.06. The van der Waals surface area contributed by atoms with E-state index in [1.54, 1.807) is 0 Å². The van der Waals surface area contributed by atoms with Crippen LogP contribution in [0.25, 0.3) is 0 Å². The van der Waals surface area contributed by atoms with Crippen LogP contribution in [-0.2, 0) is 4.74 Å². The molecule has 0 bridgehead atoms. The van der Waals surface area contributed by atoms with Gasteiger partial charge in [0.15, 0.2) is 0 Å². The molecule has 2 nitrogen and oxygen atoms in total. The van der Waals surface area contributed by atoms with Crippen molar-refractivity contribution in [3.8, 4) is 0 Å². The van der Waals surface area contributed by atoms with Gasteiger partial charge in [-0.25, -0.2) is 0 Å². The minimum Gasteiger partial charge on any atom is -0.380 e. The van der Waals surface area contributed by atoms with E-state index in [9.17, 15) is 0 Å². The fourth-order valence-corrected chi connectivity index (χ4v) is 2.25. The highest BCUT2D eigenvalue weighted by molar-refractivity contribution is 4.58. The topological polar surface area (TPSA) is 35.2 Å². The molecule has 16 heavy (non-hydrogen) atoms. The lowest BCUT2D eigenvalue weighted by Gasteiger charge is -2.14. The summed E-state index contributed by atoms with van der Waals surface area (Å²) >= 11 is 0. The van der Waals surface area contributed by atoms with E-state index in [-0.39, 0.29) is 0 Å². The van der Waals surface area contributed by atoms with E-state index in [0.29, 0.717) is 13.2 Å². The van der Waals surface area contributed by atoms with Gasteiger partial charge in [-0.2, -0.15) is 0 Å². The Morgan fingerprint density at radius 2 is 1.56 bits per heavy atom. The third-order valence-corrected chi connectivity index (χ3v) is 3.06. The summed E-state index contributed by atoms with van der Waals surface area (Å²) in [7, 11) is 0. The summed E-state index contributed by atoms with van der Waals surface area (Å²) in [5.74, 6) is 0.972. The van der Waals surface area contributed by atoms with Gasteiger partial charge in [0.05, 0.1) is 6.61 Å². The SMILES string of the molecule is CCCC(CCC)CCCCCOCCN. The van der Waals surface area contributed by atoms with E-state index in [0.717, 1.165) is 12.5 Å². The second kappa shape index (κ2) is 13.0. The molecule has 0 aliphatic heterocycles. The molecule has 0 fully saturated rings. The minimum absolute atomic E-state index is 0.648. The van der Waals surface area contributed by atoms with Crippen molar-refractivity contribution in [1.29, 1.82) is 0 Å². The average Bonchev–Trinajstić information content (AvgIpc) is 2.28. The van der Waals surface area contributed by atoms with Crippen LogP contribution in [-0.4, -0.2) is 19.8 Å². The van der Waals surface area contributed by atoms with Crippen LogP contribution < -0.4 is 5.73 Å². The van der Waals surface area contributed by atoms with E-state index < -0.39 is 0 Å². The van der Waals surface area contributed by atoms with Gasteiger partial charge in [-0.3, -0.25) is 0 Å². The van der Waals surface area contributed by atoms with Crippen molar-refractivity contribution in [2.75, 3.05) is 19.8 Å². The first-order valence-electron chi connectivity index (χ1n) is 7.12.